The second-order valence-corrected chi connectivity index (χ2v) is 8.68. The van der Waals surface area contributed by atoms with Crippen molar-refractivity contribution in [1.29, 1.82) is 0 Å². The van der Waals surface area contributed by atoms with Gasteiger partial charge in [0.05, 0.1) is 21.2 Å². The Kier molecular flexibility index (Phi) is 6.32. The van der Waals surface area contributed by atoms with Crippen molar-refractivity contribution in [2.24, 2.45) is 0 Å². The largest absolute Gasteiger partial charge is 0.478 e. The molecule has 0 aliphatic rings. The first-order valence-electron chi connectivity index (χ1n) is 9.71. The molecule has 7 nitrogen and oxygen atoms in total. The van der Waals surface area contributed by atoms with Gasteiger partial charge in [-0.2, -0.15) is 0 Å². The van der Waals surface area contributed by atoms with Gasteiger partial charge in [-0.1, -0.05) is 44.5 Å². The van der Waals surface area contributed by atoms with Crippen LogP contribution >= 0.6 is 11.6 Å². The third-order valence-electron chi connectivity index (χ3n) is 4.99. The van der Waals surface area contributed by atoms with Crippen LogP contribution in [0.25, 0.3) is 11.1 Å². The van der Waals surface area contributed by atoms with E-state index in [1.165, 1.54) is 36.4 Å². The van der Waals surface area contributed by atoms with Gasteiger partial charge in [0.1, 0.15) is 0 Å². The summed E-state index contributed by atoms with van der Waals surface area (Å²) in [5.41, 5.74) is 2.09. The van der Waals surface area contributed by atoms with Crippen LogP contribution in [0.2, 0.25) is 5.02 Å². The summed E-state index contributed by atoms with van der Waals surface area (Å²) in [7, 11) is 0. The average molecular weight is 453 g/mol. The summed E-state index contributed by atoms with van der Waals surface area (Å²) in [4.78, 5) is 34.9. The first-order chi connectivity index (χ1) is 15.0. The number of carbonyl (C=O) groups is 2. The van der Waals surface area contributed by atoms with Crippen molar-refractivity contribution >= 4 is 34.9 Å². The van der Waals surface area contributed by atoms with Gasteiger partial charge in [-0.15, -0.1) is 0 Å². The Balaban J connectivity index is 1.93. The van der Waals surface area contributed by atoms with Gasteiger partial charge in [-0.25, -0.2) is 4.79 Å². The minimum Gasteiger partial charge on any atom is -0.478 e. The number of carboxylic acid groups (broad SMARTS) is 1. The summed E-state index contributed by atoms with van der Waals surface area (Å²) in [5.74, 6) is -1.71. The molecule has 32 heavy (non-hydrogen) atoms. The van der Waals surface area contributed by atoms with Crippen LogP contribution in [-0.4, -0.2) is 21.9 Å². The molecule has 0 heterocycles. The molecule has 3 aromatic rings. The predicted molar refractivity (Wildman–Crippen MR) is 124 cm³/mol. The Labute approximate surface area is 189 Å². The summed E-state index contributed by atoms with van der Waals surface area (Å²) in [5, 5.41) is 23.3. The highest BCUT2D eigenvalue weighted by Gasteiger charge is 2.19. The summed E-state index contributed by atoms with van der Waals surface area (Å²) in [6.45, 7) is 6.20. The van der Waals surface area contributed by atoms with E-state index in [1.54, 1.807) is 12.1 Å². The molecule has 0 saturated carbocycles. The van der Waals surface area contributed by atoms with E-state index in [9.17, 15) is 24.8 Å². The van der Waals surface area contributed by atoms with E-state index in [-0.39, 0.29) is 27.4 Å². The molecule has 3 rings (SSSR count). The van der Waals surface area contributed by atoms with Gasteiger partial charge in [0.25, 0.3) is 11.6 Å². The van der Waals surface area contributed by atoms with Crippen molar-refractivity contribution in [2.75, 3.05) is 5.32 Å². The molecule has 0 radical (unpaired) electrons. The van der Waals surface area contributed by atoms with Gasteiger partial charge in [0, 0.05) is 23.3 Å². The quantitative estimate of drug-likeness (QED) is 0.355. The Morgan fingerprint density at radius 2 is 1.59 bits per heavy atom. The van der Waals surface area contributed by atoms with Gasteiger partial charge in [-0.05, 0) is 52.9 Å². The van der Waals surface area contributed by atoms with Crippen molar-refractivity contribution in [2.45, 2.75) is 26.2 Å². The molecule has 0 aromatic heterocycles. The van der Waals surface area contributed by atoms with Gasteiger partial charge < -0.3 is 10.4 Å². The lowest BCUT2D eigenvalue weighted by Crippen LogP contribution is -2.16. The van der Waals surface area contributed by atoms with Gasteiger partial charge in [0.15, 0.2) is 0 Å². The summed E-state index contributed by atoms with van der Waals surface area (Å²) in [6.07, 6.45) is 0. The highest BCUT2D eigenvalue weighted by Crippen LogP contribution is 2.34. The van der Waals surface area contributed by atoms with Gasteiger partial charge in [0.2, 0.25) is 0 Å². The number of benzene rings is 3. The molecule has 0 aliphatic carbocycles. The normalized spacial score (nSPS) is 11.1. The number of non-ortho nitro benzene ring substituents is 1. The van der Waals surface area contributed by atoms with E-state index in [1.807, 2.05) is 12.1 Å². The van der Waals surface area contributed by atoms with Crippen LogP contribution in [0.1, 0.15) is 47.1 Å². The smallest absolute Gasteiger partial charge is 0.337 e. The topological polar surface area (TPSA) is 110 Å². The molecule has 1 amide bonds. The number of carboxylic acids is 1. The van der Waals surface area contributed by atoms with Crippen LogP contribution in [0.15, 0.2) is 60.7 Å². The zero-order valence-electron chi connectivity index (χ0n) is 17.7. The number of nitrogens with zero attached hydrogens (tertiary/aromatic N) is 1. The molecular weight excluding hydrogens is 432 g/mol. The summed E-state index contributed by atoms with van der Waals surface area (Å²) < 4.78 is 0. The minimum atomic E-state index is -1.25. The van der Waals surface area contributed by atoms with Crippen LogP contribution < -0.4 is 5.32 Å². The molecule has 0 spiro atoms. The first kappa shape index (κ1) is 23.0. The summed E-state index contributed by atoms with van der Waals surface area (Å²) >= 11 is 6.37. The van der Waals surface area contributed by atoms with E-state index in [0.717, 1.165) is 5.56 Å². The number of nitro benzene ring substituents is 1. The van der Waals surface area contributed by atoms with Crippen LogP contribution in [0.5, 0.6) is 0 Å². The minimum absolute atomic E-state index is 0.0538. The number of halogens is 1. The number of nitro groups is 1. The number of carbonyl (C=O) groups excluding carboxylic acids is 1. The summed E-state index contributed by atoms with van der Waals surface area (Å²) in [6, 6.07) is 15.4. The molecule has 0 fully saturated rings. The number of nitrogens with one attached hydrogen (secondary N) is 1. The van der Waals surface area contributed by atoms with Crippen LogP contribution in [0, 0.1) is 10.1 Å². The lowest BCUT2D eigenvalue weighted by molar-refractivity contribution is -0.384. The van der Waals surface area contributed by atoms with E-state index in [2.05, 4.69) is 26.1 Å². The average Bonchev–Trinajstić information content (AvgIpc) is 2.73. The number of hydrogen-bond acceptors (Lipinski definition) is 4. The highest BCUT2D eigenvalue weighted by atomic mass is 35.5. The van der Waals surface area contributed by atoms with E-state index < -0.39 is 16.8 Å². The second kappa shape index (κ2) is 8.80. The van der Waals surface area contributed by atoms with E-state index in [4.69, 9.17) is 11.6 Å². The number of hydrogen-bond donors (Lipinski definition) is 2. The Bertz CT molecular complexity index is 1200. The van der Waals surface area contributed by atoms with Crippen molar-refractivity contribution in [3.05, 3.63) is 92.5 Å². The molecule has 3 aromatic carbocycles. The van der Waals surface area contributed by atoms with Crippen LogP contribution in [-0.2, 0) is 5.41 Å². The lowest BCUT2D eigenvalue weighted by atomic mass is 9.86. The molecule has 164 valence electrons. The maximum absolute atomic E-state index is 12.7. The first-order valence-corrected chi connectivity index (χ1v) is 10.1. The van der Waals surface area contributed by atoms with Crippen molar-refractivity contribution in [3.63, 3.8) is 0 Å². The predicted octanol–water partition coefficient (Wildman–Crippen LogP) is 6.16. The lowest BCUT2D eigenvalue weighted by Gasteiger charge is -2.19. The number of amides is 1. The molecule has 2 N–H and O–H groups in total. The second-order valence-electron chi connectivity index (χ2n) is 8.27. The molecule has 0 saturated heterocycles. The number of rotatable bonds is 5. The fourth-order valence-electron chi connectivity index (χ4n) is 3.15. The Hall–Kier alpha value is -3.71. The van der Waals surface area contributed by atoms with Crippen LogP contribution in [0.3, 0.4) is 0 Å². The SMILES string of the molecule is CC(C)(C)c1ccc(C(=O)Nc2cc(Cl)c(-c3ccc([N+](=O)[O-])cc3)cc2C(=O)O)cc1. The zero-order valence-corrected chi connectivity index (χ0v) is 18.4. The van der Waals surface area contributed by atoms with Crippen molar-refractivity contribution < 1.29 is 19.6 Å². The fourth-order valence-corrected chi connectivity index (χ4v) is 3.43. The third-order valence-corrected chi connectivity index (χ3v) is 5.30. The maximum Gasteiger partial charge on any atom is 0.337 e. The molecule has 0 unspecified atom stereocenters. The van der Waals surface area contributed by atoms with Crippen LogP contribution in [0.4, 0.5) is 11.4 Å². The zero-order chi connectivity index (χ0) is 23.6. The highest BCUT2D eigenvalue weighted by molar-refractivity contribution is 6.34. The Morgan fingerprint density at radius 1 is 1.00 bits per heavy atom. The molecular formula is C24H21ClN2O5. The third kappa shape index (κ3) is 4.95. The fraction of sp³-hybridized carbons (Fsp3) is 0.167. The van der Waals surface area contributed by atoms with Gasteiger partial charge in [-0.3, -0.25) is 14.9 Å². The van der Waals surface area contributed by atoms with Crippen molar-refractivity contribution in [3.8, 4) is 11.1 Å². The standard InChI is InChI=1S/C24H21ClN2O5/c1-24(2,3)16-8-4-15(5-9-16)22(28)26-21-13-20(25)18(12-19(21)23(29)30)14-6-10-17(11-7-14)27(31)32/h4-13H,1-3H3,(H,26,28)(H,29,30). The van der Waals surface area contributed by atoms with Gasteiger partial charge >= 0.3 is 5.97 Å². The van der Waals surface area contributed by atoms with E-state index >= 15 is 0 Å². The van der Waals surface area contributed by atoms with Crippen molar-refractivity contribution in [1.82, 2.24) is 0 Å². The molecule has 0 atom stereocenters. The molecule has 8 heteroatoms. The monoisotopic (exact) mass is 452 g/mol. The maximum atomic E-state index is 12.7. The van der Waals surface area contributed by atoms with E-state index in [0.29, 0.717) is 16.7 Å². The molecule has 0 bridgehead atoms. The number of anilines is 1. The number of aromatic carboxylic acids is 1. The molecule has 0 aliphatic heterocycles. The Morgan fingerprint density at radius 3 is 2.09 bits per heavy atom.